The minimum Gasteiger partial charge on any atom is -0.116 e. The van der Waals surface area contributed by atoms with E-state index in [9.17, 15) is 0 Å². The van der Waals surface area contributed by atoms with Crippen molar-refractivity contribution in [2.24, 2.45) is 0 Å². The average Bonchev–Trinajstić information content (AvgIpc) is 1.84. The van der Waals surface area contributed by atoms with E-state index in [0.29, 0.717) is 3.66 Å². The van der Waals surface area contributed by atoms with Gasteiger partial charge in [-0.3, -0.25) is 0 Å². The standard InChI is InChI=1S/C5H7BrS/c1-5(6)3-2-4-7-5/h2,4H,3H2,1H3. The highest BCUT2D eigenvalue weighted by Crippen LogP contribution is 2.40. The second-order valence-corrected chi connectivity index (χ2v) is 5.48. The maximum Gasteiger partial charge on any atom is 0.0755 e. The summed E-state index contributed by atoms with van der Waals surface area (Å²) in [6.45, 7) is 2.18. The van der Waals surface area contributed by atoms with Crippen LogP contribution in [-0.4, -0.2) is 3.66 Å². The zero-order valence-corrected chi connectivity index (χ0v) is 6.55. The van der Waals surface area contributed by atoms with Crippen LogP contribution in [0.5, 0.6) is 0 Å². The van der Waals surface area contributed by atoms with E-state index in [-0.39, 0.29) is 0 Å². The van der Waals surface area contributed by atoms with Crippen LogP contribution < -0.4 is 0 Å². The van der Waals surface area contributed by atoms with Gasteiger partial charge < -0.3 is 0 Å². The third-order valence-electron chi connectivity index (χ3n) is 0.892. The van der Waals surface area contributed by atoms with E-state index in [4.69, 9.17) is 0 Å². The molecule has 1 aliphatic heterocycles. The number of hydrogen-bond acceptors (Lipinski definition) is 1. The Morgan fingerprint density at radius 2 is 2.57 bits per heavy atom. The largest absolute Gasteiger partial charge is 0.116 e. The van der Waals surface area contributed by atoms with Crippen LogP contribution >= 0.6 is 27.7 Å². The first-order valence-electron chi connectivity index (χ1n) is 2.22. The Morgan fingerprint density at radius 3 is 2.71 bits per heavy atom. The maximum atomic E-state index is 3.54. The first-order valence-corrected chi connectivity index (χ1v) is 3.90. The predicted octanol–water partition coefficient (Wildman–Crippen LogP) is 2.75. The second kappa shape index (κ2) is 1.82. The molecule has 0 aromatic rings. The highest BCUT2D eigenvalue weighted by atomic mass is 79.9. The molecule has 0 nitrogen and oxygen atoms in total. The fraction of sp³-hybridized carbons (Fsp3) is 0.600. The van der Waals surface area contributed by atoms with Gasteiger partial charge in [0, 0.05) is 0 Å². The summed E-state index contributed by atoms with van der Waals surface area (Å²) in [6.07, 6.45) is 3.33. The van der Waals surface area contributed by atoms with E-state index in [1.165, 1.54) is 0 Å². The first kappa shape index (κ1) is 5.70. The lowest BCUT2D eigenvalue weighted by molar-refractivity contribution is 0.950. The fourth-order valence-electron chi connectivity index (χ4n) is 0.497. The van der Waals surface area contributed by atoms with Crippen molar-refractivity contribution in [1.82, 2.24) is 0 Å². The van der Waals surface area contributed by atoms with Gasteiger partial charge in [-0.2, -0.15) is 0 Å². The molecule has 1 atom stereocenters. The molecule has 0 amide bonds. The van der Waals surface area contributed by atoms with Crippen molar-refractivity contribution in [3.8, 4) is 0 Å². The van der Waals surface area contributed by atoms with Crippen molar-refractivity contribution in [2.75, 3.05) is 0 Å². The zero-order valence-electron chi connectivity index (χ0n) is 4.15. The molecule has 0 aromatic carbocycles. The Labute approximate surface area is 56.5 Å². The summed E-state index contributed by atoms with van der Waals surface area (Å²) >= 11 is 5.38. The lowest BCUT2D eigenvalue weighted by Crippen LogP contribution is -2.01. The molecule has 0 radical (unpaired) electrons. The van der Waals surface area contributed by atoms with Crippen molar-refractivity contribution in [1.29, 1.82) is 0 Å². The smallest absolute Gasteiger partial charge is 0.0755 e. The van der Waals surface area contributed by atoms with Crippen molar-refractivity contribution in [3.63, 3.8) is 0 Å². The van der Waals surface area contributed by atoms with Crippen LogP contribution in [0.2, 0.25) is 0 Å². The Morgan fingerprint density at radius 1 is 1.86 bits per heavy atom. The molecule has 40 valence electrons. The van der Waals surface area contributed by atoms with Gasteiger partial charge >= 0.3 is 0 Å². The van der Waals surface area contributed by atoms with Gasteiger partial charge in [-0.05, 0) is 18.8 Å². The summed E-state index contributed by atoms with van der Waals surface area (Å²) in [6, 6.07) is 0. The number of alkyl halides is 1. The van der Waals surface area contributed by atoms with E-state index in [1.54, 1.807) is 0 Å². The number of thioether (sulfide) groups is 1. The molecule has 1 aliphatic rings. The van der Waals surface area contributed by atoms with Gasteiger partial charge in [0.2, 0.25) is 0 Å². The van der Waals surface area contributed by atoms with Gasteiger partial charge in [0.15, 0.2) is 0 Å². The monoisotopic (exact) mass is 178 g/mol. The summed E-state index contributed by atoms with van der Waals surface area (Å²) < 4.78 is 0.312. The van der Waals surface area contributed by atoms with Gasteiger partial charge in [0.05, 0.1) is 3.66 Å². The Bertz CT molecular complexity index is 86.3. The predicted molar refractivity (Wildman–Crippen MR) is 38.7 cm³/mol. The fourth-order valence-corrected chi connectivity index (χ4v) is 1.68. The van der Waals surface area contributed by atoms with E-state index in [2.05, 4.69) is 34.3 Å². The third kappa shape index (κ3) is 1.50. The van der Waals surface area contributed by atoms with E-state index in [0.717, 1.165) is 6.42 Å². The number of hydrogen-bond donors (Lipinski definition) is 0. The van der Waals surface area contributed by atoms with Crippen molar-refractivity contribution in [3.05, 3.63) is 11.5 Å². The highest BCUT2D eigenvalue weighted by Gasteiger charge is 2.20. The highest BCUT2D eigenvalue weighted by molar-refractivity contribution is 9.12. The van der Waals surface area contributed by atoms with Gasteiger partial charge in [0.25, 0.3) is 0 Å². The third-order valence-corrected chi connectivity index (χ3v) is 2.76. The molecule has 0 saturated carbocycles. The van der Waals surface area contributed by atoms with Gasteiger partial charge in [0.1, 0.15) is 0 Å². The number of allylic oxidation sites excluding steroid dienone is 1. The summed E-state index contributed by atoms with van der Waals surface area (Å²) in [5.41, 5.74) is 0. The van der Waals surface area contributed by atoms with Gasteiger partial charge in [-0.1, -0.05) is 22.0 Å². The summed E-state index contributed by atoms with van der Waals surface area (Å²) in [4.78, 5) is 0. The van der Waals surface area contributed by atoms with E-state index < -0.39 is 0 Å². The van der Waals surface area contributed by atoms with Crippen LogP contribution in [0.25, 0.3) is 0 Å². The molecule has 1 rings (SSSR count). The molecule has 1 unspecified atom stereocenters. The van der Waals surface area contributed by atoms with Gasteiger partial charge in [-0.25, -0.2) is 0 Å². The molecule has 0 fully saturated rings. The van der Waals surface area contributed by atoms with Crippen molar-refractivity contribution in [2.45, 2.75) is 17.0 Å². The van der Waals surface area contributed by atoms with Crippen molar-refractivity contribution >= 4 is 27.7 Å². The number of rotatable bonds is 0. The Hall–Kier alpha value is 0.570. The lowest BCUT2D eigenvalue weighted by Gasteiger charge is -2.10. The molecular weight excluding hydrogens is 172 g/mol. The quantitative estimate of drug-likeness (QED) is 0.515. The molecule has 0 N–H and O–H groups in total. The normalized spacial score (nSPS) is 39.7. The minimum absolute atomic E-state index is 0.312. The summed E-state index contributed by atoms with van der Waals surface area (Å²) in [5, 5.41) is 2.13. The summed E-state index contributed by atoms with van der Waals surface area (Å²) in [5.74, 6) is 0. The average molecular weight is 179 g/mol. The van der Waals surface area contributed by atoms with E-state index in [1.807, 2.05) is 11.8 Å². The molecule has 0 bridgehead atoms. The maximum absolute atomic E-state index is 3.54. The first-order chi connectivity index (χ1) is 3.21. The number of halogens is 1. The molecule has 0 saturated heterocycles. The van der Waals surface area contributed by atoms with Crippen LogP contribution in [0.4, 0.5) is 0 Å². The second-order valence-electron chi connectivity index (χ2n) is 1.80. The minimum atomic E-state index is 0.312. The Balaban J connectivity index is 2.49. The molecule has 0 spiro atoms. The topological polar surface area (TPSA) is 0 Å². The van der Waals surface area contributed by atoms with Gasteiger partial charge in [-0.15, -0.1) is 11.8 Å². The van der Waals surface area contributed by atoms with Crippen molar-refractivity contribution < 1.29 is 0 Å². The Kier molecular flexibility index (Phi) is 1.49. The summed E-state index contributed by atoms with van der Waals surface area (Å²) in [7, 11) is 0. The molecule has 7 heavy (non-hydrogen) atoms. The van der Waals surface area contributed by atoms with Crippen LogP contribution in [0, 0.1) is 0 Å². The van der Waals surface area contributed by atoms with Crippen LogP contribution in [-0.2, 0) is 0 Å². The molecule has 1 heterocycles. The lowest BCUT2D eigenvalue weighted by atomic mass is 10.3. The SMILES string of the molecule is CC1(Br)CC=CS1. The van der Waals surface area contributed by atoms with Crippen LogP contribution in [0.1, 0.15) is 13.3 Å². The van der Waals surface area contributed by atoms with Crippen LogP contribution in [0.15, 0.2) is 11.5 Å². The zero-order chi connectivity index (χ0) is 5.33. The van der Waals surface area contributed by atoms with E-state index >= 15 is 0 Å². The molecular formula is C5H7BrS. The molecule has 2 heteroatoms. The molecule has 0 aromatic heterocycles. The molecule has 0 aliphatic carbocycles. The van der Waals surface area contributed by atoms with Crippen LogP contribution in [0.3, 0.4) is 0 Å².